The minimum Gasteiger partial charge on any atom is -0.339 e. The number of halogens is 3. The van der Waals surface area contributed by atoms with Gasteiger partial charge in [0.1, 0.15) is 0 Å². The zero-order chi connectivity index (χ0) is 15.5. The van der Waals surface area contributed by atoms with Crippen LogP contribution in [0.15, 0.2) is 0 Å². The van der Waals surface area contributed by atoms with Gasteiger partial charge >= 0.3 is 17.5 Å². The predicted molar refractivity (Wildman–Crippen MR) is 67.1 cm³/mol. The lowest BCUT2D eigenvalue weighted by Gasteiger charge is -2.30. The van der Waals surface area contributed by atoms with Crippen molar-refractivity contribution in [2.45, 2.75) is 51.4 Å². The lowest BCUT2D eigenvalue weighted by Crippen LogP contribution is -2.55. The van der Waals surface area contributed by atoms with E-state index >= 15 is 0 Å². The molecule has 0 aromatic rings. The molecule has 19 heavy (non-hydrogen) atoms. The van der Waals surface area contributed by atoms with Crippen LogP contribution in [0.2, 0.25) is 32.7 Å². The van der Waals surface area contributed by atoms with Crippen LogP contribution in [0.4, 0.5) is 13.2 Å². The lowest BCUT2D eigenvalue weighted by molar-refractivity contribution is -0.213. The van der Waals surface area contributed by atoms with Crippen LogP contribution >= 0.6 is 0 Å². The Balaban J connectivity index is 4.36. The van der Waals surface area contributed by atoms with Crippen LogP contribution in [-0.2, 0) is 22.8 Å². The van der Waals surface area contributed by atoms with E-state index in [4.69, 9.17) is 4.58 Å². The molecule has 5 nitrogen and oxygen atoms in total. The fourth-order valence-corrected chi connectivity index (χ4v) is 4.32. The highest BCUT2D eigenvalue weighted by molar-refractivity contribution is 6.73. The molecule has 1 unspecified atom stereocenters. The Morgan fingerprint density at radius 1 is 1.05 bits per heavy atom. The zero-order valence-electron chi connectivity index (χ0n) is 11.8. The molecule has 0 aliphatic heterocycles. The molecule has 0 spiro atoms. The monoisotopic (exact) mass is 336 g/mol. The summed E-state index contributed by atoms with van der Waals surface area (Å²) in [7, 11) is -9.16. The van der Waals surface area contributed by atoms with Crippen molar-refractivity contribution in [2.75, 3.05) is 0 Å². The minimum absolute atomic E-state index is 0.728. The Labute approximate surface area is 114 Å². The first-order valence-corrected chi connectivity index (χ1v) is 13.1. The van der Waals surface area contributed by atoms with Gasteiger partial charge in [-0.1, -0.05) is 0 Å². The molecule has 0 N–H and O–H groups in total. The second kappa shape index (κ2) is 6.47. The number of hydrogen-bond donors (Lipinski definition) is 0. The van der Waals surface area contributed by atoms with E-state index in [2.05, 4.69) is 13.7 Å². The average molecular weight is 336 g/mol. The van der Waals surface area contributed by atoms with Gasteiger partial charge in [0, 0.05) is 0 Å². The summed E-state index contributed by atoms with van der Waals surface area (Å²) < 4.78 is 69.0. The molecule has 0 radical (unpaired) electrons. The van der Waals surface area contributed by atoms with Gasteiger partial charge in [-0.2, -0.15) is 0 Å². The average Bonchev–Trinajstić information content (AvgIpc) is 2.22. The van der Waals surface area contributed by atoms with Gasteiger partial charge in [0.2, 0.25) is 8.32 Å². The van der Waals surface area contributed by atoms with Gasteiger partial charge in [-0.25, -0.2) is 17.7 Å². The summed E-state index contributed by atoms with van der Waals surface area (Å²) in [6, 6.07) is 0. The van der Waals surface area contributed by atoms with Gasteiger partial charge in [-0.15, -0.1) is 0 Å². The fourth-order valence-electron chi connectivity index (χ4n) is 0.846. The highest BCUT2D eigenvalue weighted by Crippen LogP contribution is 2.33. The summed E-state index contributed by atoms with van der Waals surface area (Å²) in [6.45, 7) is 8.13. The molecule has 0 saturated heterocycles. The van der Waals surface area contributed by atoms with Gasteiger partial charge in [0.05, 0.1) is 0 Å². The maximum Gasteiger partial charge on any atom is 0.833 e. The summed E-state index contributed by atoms with van der Waals surface area (Å²) in [5, 5.41) is 0. The third-order valence-corrected chi connectivity index (χ3v) is 5.84. The SMILES string of the molecule is CC(F)C(F)(F)[Si](C)(C)OO[Si](=O)OO[Si](C)(C)C. The first-order valence-electron chi connectivity index (χ1n) is 5.57. The van der Waals surface area contributed by atoms with Gasteiger partial charge in [0.25, 0.3) is 5.55 Å². The highest BCUT2D eigenvalue weighted by Gasteiger charge is 2.58. The Hall–Kier alpha value is -0.239. The zero-order valence-corrected chi connectivity index (χ0v) is 14.8. The van der Waals surface area contributed by atoms with Crippen LogP contribution in [-0.4, -0.2) is 37.5 Å². The molecule has 11 heteroatoms. The van der Waals surface area contributed by atoms with Crippen molar-refractivity contribution in [3.63, 3.8) is 0 Å². The molecule has 0 saturated carbocycles. The minimum atomic E-state index is -3.86. The van der Waals surface area contributed by atoms with Crippen LogP contribution in [0.25, 0.3) is 0 Å². The third kappa shape index (κ3) is 6.16. The third-order valence-electron chi connectivity index (χ3n) is 1.98. The number of hydrogen-bond acceptors (Lipinski definition) is 5. The summed E-state index contributed by atoms with van der Waals surface area (Å²) in [6.07, 6.45) is -2.39. The maximum absolute atomic E-state index is 13.5. The molecule has 0 aliphatic rings. The van der Waals surface area contributed by atoms with Crippen LogP contribution in [0.3, 0.4) is 0 Å². The Kier molecular flexibility index (Phi) is 6.39. The second-order valence-electron chi connectivity index (χ2n) is 5.44. The Morgan fingerprint density at radius 3 is 1.84 bits per heavy atom. The van der Waals surface area contributed by atoms with E-state index in [1.807, 2.05) is 0 Å². The normalized spacial score (nSPS) is 15.0. The van der Waals surface area contributed by atoms with Crippen molar-refractivity contribution < 1.29 is 35.9 Å². The molecular weight excluding hydrogens is 317 g/mol. The van der Waals surface area contributed by atoms with E-state index in [1.165, 1.54) is 0 Å². The van der Waals surface area contributed by atoms with Crippen molar-refractivity contribution in [2.24, 2.45) is 0 Å². The fraction of sp³-hybridized carbons (Fsp3) is 1.00. The van der Waals surface area contributed by atoms with Crippen LogP contribution in [0, 0.1) is 0 Å². The first kappa shape index (κ1) is 18.8. The molecule has 0 heterocycles. The topological polar surface area (TPSA) is 54.0 Å². The molecule has 0 fully saturated rings. The summed E-state index contributed by atoms with van der Waals surface area (Å²) >= 11 is 0. The van der Waals surface area contributed by atoms with E-state index in [9.17, 15) is 17.6 Å². The van der Waals surface area contributed by atoms with Crippen LogP contribution in [0.1, 0.15) is 6.92 Å². The van der Waals surface area contributed by atoms with Crippen LogP contribution < -0.4 is 0 Å². The van der Waals surface area contributed by atoms with Gasteiger partial charge in [-0.3, -0.25) is 9.04 Å². The summed E-state index contributed by atoms with van der Waals surface area (Å²) in [5.41, 5.74) is -3.67. The molecule has 0 aromatic heterocycles. The van der Waals surface area contributed by atoms with Crippen molar-refractivity contribution >= 4 is 25.8 Å². The van der Waals surface area contributed by atoms with E-state index < -0.39 is 37.5 Å². The molecule has 0 rings (SSSR count). The second-order valence-corrected chi connectivity index (χ2v) is 14.5. The van der Waals surface area contributed by atoms with E-state index in [0.29, 0.717) is 0 Å². The lowest BCUT2D eigenvalue weighted by atomic mass is 10.5. The molecule has 114 valence electrons. The van der Waals surface area contributed by atoms with Gasteiger partial charge in [0.15, 0.2) is 6.17 Å². The van der Waals surface area contributed by atoms with Crippen molar-refractivity contribution in [3.8, 4) is 0 Å². The number of rotatable bonds is 8. The van der Waals surface area contributed by atoms with Crippen molar-refractivity contribution in [3.05, 3.63) is 0 Å². The summed E-state index contributed by atoms with van der Waals surface area (Å²) in [4.78, 5) is 0. The van der Waals surface area contributed by atoms with Gasteiger partial charge < -0.3 is 9.15 Å². The maximum atomic E-state index is 13.5. The Bertz CT molecular complexity index is 319. The molecule has 1 atom stereocenters. The van der Waals surface area contributed by atoms with Crippen molar-refractivity contribution in [1.29, 1.82) is 0 Å². The van der Waals surface area contributed by atoms with Crippen molar-refractivity contribution in [1.82, 2.24) is 0 Å². The summed E-state index contributed by atoms with van der Waals surface area (Å²) in [5.74, 6) is 0. The quantitative estimate of drug-likeness (QED) is 0.387. The standard InChI is InChI=1S/C8H19F3O5Si3/c1-7(9)8(10,11)19(5,6)16-14-17(12)13-15-18(2,3)4/h7H,1-6H3. The van der Waals surface area contributed by atoms with E-state index in [-0.39, 0.29) is 0 Å². The molecule has 0 aliphatic carbocycles. The molecule has 0 aromatic carbocycles. The highest BCUT2D eigenvalue weighted by atomic mass is 28.4. The van der Waals surface area contributed by atoms with E-state index in [1.54, 1.807) is 19.6 Å². The Morgan fingerprint density at radius 2 is 1.47 bits per heavy atom. The number of alkyl halides is 3. The van der Waals surface area contributed by atoms with Crippen LogP contribution in [0.5, 0.6) is 0 Å². The molecule has 0 amide bonds. The first-order chi connectivity index (χ1) is 8.29. The van der Waals surface area contributed by atoms with Gasteiger partial charge in [-0.05, 0) is 39.7 Å². The molecule has 0 bridgehead atoms. The largest absolute Gasteiger partial charge is 0.833 e. The molecular formula is C8H19F3O5Si3. The predicted octanol–water partition coefficient (Wildman–Crippen LogP) is 2.87. The smallest absolute Gasteiger partial charge is 0.339 e. The van der Waals surface area contributed by atoms with E-state index in [0.717, 1.165) is 20.0 Å².